The zero-order chi connectivity index (χ0) is 24.8. The number of imidazole rings is 1. The van der Waals surface area contributed by atoms with E-state index < -0.39 is 0 Å². The van der Waals surface area contributed by atoms with Crippen molar-refractivity contribution in [2.75, 3.05) is 33.2 Å². The van der Waals surface area contributed by atoms with Crippen LogP contribution in [0.2, 0.25) is 0 Å². The van der Waals surface area contributed by atoms with Gasteiger partial charge in [-0.25, -0.2) is 4.98 Å². The van der Waals surface area contributed by atoms with Crippen molar-refractivity contribution in [3.05, 3.63) is 52.0 Å². The average molecular weight is 496 g/mol. The van der Waals surface area contributed by atoms with Crippen LogP contribution in [-0.2, 0) is 11.2 Å². The van der Waals surface area contributed by atoms with Crippen LogP contribution in [0, 0.1) is 5.92 Å². The van der Waals surface area contributed by atoms with Gasteiger partial charge in [0.15, 0.2) is 0 Å². The molecule has 1 aliphatic heterocycles. The highest BCUT2D eigenvalue weighted by atomic mass is 32.1. The predicted octanol–water partition coefficient (Wildman–Crippen LogP) is 4.24. The molecule has 7 nitrogen and oxygen atoms in total. The lowest BCUT2D eigenvalue weighted by molar-refractivity contribution is -0.120. The Hall–Kier alpha value is -2.71. The lowest BCUT2D eigenvalue weighted by Crippen LogP contribution is -2.42. The third kappa shape index (κ3) is 6.30. The second-order valence-electron chi connectivity index (χ2n) is 9.59. The molecule has 3 heterocycles. The van der Waals surface area contributed by atoms with E-state index in [1.807, 2.05) is 18.2 Å². The summed E-state index contributed by atoms with van der Waals surface area (Å²) in [5, 5.41) is 7.83. The Morgan fingerprint density at radius 3 is 2.74 bits per heavy atom. The second-order valence-corrected chi connectivity index (χ2v) is 10.6. The van der Waals surface area contributed by atoms with E-state index in [-0.39, 0.29) is 18.4 Å². The van der Waals surface area contributed by atoms with Crippen molar-refractivity contribution in [2.45, 2.75) is 52.0 Å². The molecule has 2 amide bonds. The fraction of sp³-hybridized carbons (Fsp3) is 0.519. The van der Waals surface area contributed by atoms with Crippen molar-refractivity contribution in [3.63, 3.8) is 0 Å². The molecule has 35 heavy (non-hydrogen) atoms. The number of fused-ring (bicyclic) bond motifs is 1. The first-order valence-corrected chi connectivity index (χ1v) is 13.6. The molecular formula is C27H37N5O2S. The van der Waals surface area contributed by atoms with Crippen LogP contribution >= 0.6 is 11.3 Å². The fourth-order valence-corrected chi connectivity index (χ4v) is 5.77. The maximum Gasteiger partial charge on any atom is 0.251 e. The fourth-order valence-electron chi connectivity index (χ4n) is 5.07. The molecule has 1 unspecified atom stereocenters. The first kappa shape index (κ1) is 25.4. The number of piperidine rings is 1. The zero-order valence-corrected chi connectivity index (χ0v) is 21.9. The Morgan fingerprint density at radius 2 is 2.03 bits per heavy atom. The van der Waals surface area contributed by atoms with Crippen molar-refractivity contribution < 1.29 is 9.59 Å². The lowest BCUT2D eigenvalue weighted by atomic mass is 9.98. The molecule has 0 spiro atoms. The number of amides is 2. The molecule has 188 valence electrons. The Bertz CT molecular complexity index is 1140. The van der Waals surface area contributed by atoms with Crippen LogP contribution in [0.3, 0.4) is 0 Å². The topological polar surface area (TPSA) is 79.3 Å². The van der Waals surface area contributed by atoms with E-state index in [0.29, 0.717) is 24.1 Å². The molecule has 4 rings (SSSR count). The third-order valence-corrected chi connectivity index (χ3v) is 7.84. The minimum Gasteiger partial charge on any atom is -0.354 e. The minimum absolute atomic E-state index is 0.0226. The standard InChI is InChI=1S/C27H37N5O2S/c1-4-21(5-2)32-24-11-10-20(14-23(24)30-25(32)15-22-9-7-13-35-22)27(34)29-17-26(33)28-16-19-8-6-12-31(3)18-19/h7,9-11,13-14,19,21H,4-6,8,12,15-18H2,1-3H3,(H,28,33)(H,29,34). The van der Waals surface area contributed by atoms with Gasteiger partial charge in [-0.1, -0.05) is 19.9 Å². The number of nitrogens with one attached hydrogen (secondary N) is 2. The summed E-state index contributed by atoms with van der Waals surface area (Å²) in [4.78, 5) is 33.6. The van der Waals surface area contributed by atoms with Crippen molar-refractivity contribution in [1.82, 2.24) is 25.1 Å². The molecule has 0 saturated carbocycles. The lowest BCUT2D eigenvalue weighted by Gasteiger charge is -2.29. The van der Waals surface area contributed by atoms with Crippen LogP contribution in [0.25, 0.3) is 11.0 Å². The summed E-state index contributed by atoms with van der Waals surface area (Å²) in [5.74, 6) is 1.10. The highest BCUT2D eigenvalue weighted by Crippen LogP contribution is 2.28. The van der Waals surface area contributed by atoms with Crippen LogP contribution in [0.15, 0.2) is 35.7 Å². The van der Waals surface area contributed by atoms with Gasteiger partial charge in [-0.3, -0.25) is 9.59 Å². The molecule has 1 fully saturated rings. The van der Waals surface area contributed by atoms with Gasteiger partial charge < -0.3 is 20.1 Å². The number of hydrogen-bond donors (Lipinski definition) is 2. The third-order valence-electron chi connectivity index (χ3n) is 6.96. The van der Waals surface area contributed by atoms with Crippen molar-refractivity contribution in [1.29, 1.82) is 0 Å². The van der Waals surface area contributed by atoms with E-state index in [2.05, 4.69) is 58.5 Å². The summed E-state index contributed by atoms with van der Waals surface area (Å²) in [7, 11) is 2.11. The molecule has 0 aliphatic carbocycles. The number of nitrogens with zero attached hydrogens (tertiary/aromatic N) is 3. The highest BCUT2D eigenvalue weighted by molar-refractivity contribution is 7.09. The van der Waals surface area contributed by atoms with E-state index in [1.165, 1.54) is 4.88 Å². The molecule has 0 radical (unpaired) electrons. The summed E-state index contributed by atoms with van der Waals surface area (Å²) in [5.41, 5.74) is 2.40. The van der Waals surface area contributed by atoms with E-state index in [1.54, 1.807) is 11.3 Å². The molecule has 2 N–H and O–H groups in total. The SMILES string of the molecule is CCC(CC)n1c(Cc2cccs2)nc2cc(C(=O)NCC(=O)NCC3CCCN(C)C3)ccc21. The molecular weight excluding hydrogens is 458 g/mol. The number of rotatable bonds is 10. The van der Waals surface area contributed by atoms with Gasteiger partial charge in [0.1, 0.15) is 5.82 Å². The molecule has 0 bridgehead atoms. The summed E-state index contributed by atoms with van der Waals surface area (Å²) >= 11 is 1.74. The second kappa shape index (κ2) is 11.8. The molecule has 1 saturated heterocycles. The monoisotopic (exact) mass is 495 g/mol. The normalized spacial score (nSPS) is 16.6. The van der Waals surface area contributed by atoms with Gasteiger partial charge in [0.2, 0.25) is 5.91 Å². The first-order chi connectivity index (χ1) is 17.0. The number of hydrogen-bond acceptors (Lipinski definition) is 5. The minimum atomic E-state index is -0.253. The van der Waals surface area contributed by atoms with Crippen molar-refractivity contribution >= 4 is 34.2 Å². The van der Waals surface area contributed by atoms with Gasteiger partial charge in [-0.2, -0.15) is 0 Å². The molecule has 1 aliphatic rings. The summed E-state index contributed by atoms with van der Waals surface area (Å²) < 4.78 is 2.34. The van der Waals surface area contributed by atoms with Gasteiger partial charge in [-0.15, -0.1) is 11.3 Å². The summed E-state index contributed by atoms with van der Waals surface area (Å²) in [6, 6.07) is 10.2. The Morgan fingerprint density at radius 1 is 1.20 bits per heavy atom. The van der Waals surface area contributed by atoms with Gasteiger partial charge >= 0.3 is 0 Å². The number of aromatic nitrogens is 2. The zero-order valence-electron chi connectivity index (χ0n) is 21.0. The predicted molar refractivity (Wildman–Crippen MR) is 142 cm³/mol. The quantitative estimate of drug-likeness (QED) is 0.441. The number of benzene rings is 1. The molecule has 3 aromatic rings. The van der Waals surface area contributed by atoms with Gasteiger partial charge in [-0.05, 0) is 74.8 Å². The molecule has 2 aromatic heterocycles. The molecule has 1 atom stereocenters. The Labute approximate surface area is 211 Å². The Balaban J connectivity index is 1.42. The first-order valence-electron chi connectivity index (χ1n) is 12.7. The van der Waals surface area contributed by atoms with E-state index >= 15 is 0 Å². The molecule has 8 heteroatoms. The van der Waals surface area contributed by atoms with E-state index in [0.717, 1.165) is 62.1 Å². The van der Waals surface area contributed by atoms with Crippen LogP contribution in [0.4, 0.5) is 0 Å². The summed E-state index contributed by atoms with van der Waals surface area (Å²) in [6.07, 6.45) is 5.12. The summed E-state index contributed by atoms with van der Waals surface area (Å²) in [6.45, 7) is 7.17. The van der Waals surface area contributed by atoms with Crippen LogP contribution in [-0.4, -0.2) is 59.5 Å². The van der Waals surface area contributed by atoms with E-state index in [4.69, 9.17) is 4.98 Å². The molecule has 1 aromatic carbocycles. The van der Waals surface area contributed by atoms with Crippen LogP contribution in [0.1, 0.15) is 66.6 Å². The van der Waals surface area contributed by atoms with Gasteiger partial charge in [0.05, 0.1) is 17.6 Å². The van der Waals surface area contributed by atoms with Gasteiger partial charge in [0.25, 0.3) is 5.91 Å². The maximum atomic E-state index is 12.8. The van der Waals surface area contributed by atoms with Crippen molar-refractivity contribution in [2.24, 2.45) is 5.92 Å². The number of carbonyl (C=O) groups excluding carboxylic acids is 2. The maximum absolute atomic E-state index is 12.8. The highest BCUT2D eigenvalue weighted by Gasteiger charge is 2.20. The largest absolute Gasteiger partial charge is 0.354 e. The average Bonchev–Trinajstić information content (AvgIpc) is 3.50. The van der Waals surface area contributed by atoms with Gasteiger partial charge in [0, 0.05) is 36.0 Å². The van der Waals surface area contributed by atoms with Crippen molar-refractivity contribution in [3.8, 4) is 0 Å². The number of thiophene rings is 1. The Kier molecular flexibility index (Phi) is 8.57. The van der Waals surface area contributed by atoms with E-state index in [9.17, 15) is 9.59 Å². The van der Waals surface area contributed by atoms with Crippen LogP contribution in [0.5, 0.6) is 0 Å². The van der Waals surface area contributed by atoms with Crippen LogP contribution < -0.4 is 10.6 Å². The number of carbonyl (C=O) groups is 2. The number of likely N-dealkylation sites (tertiary alicyclic amines) is 1. The smallest absolute Gasteiger partial charge is 0.251 e.